The number of anilines is 1. The van der Waals surface area contributed by atoms with Crippen LogP contribution in [0.1, 0.15) is 27.7 Å². The third-order valence-corrected chi connectivity index (χ3v) is 4.92. The molecule has 0 spiro atoms. The van der Waals surface area contributed by atoms with Crippen LogP contribution in [0.15, 0.2) is 24.3 Å². The number of morpholine rings is 1. The van der Waals surface area contributed by atoms with E-state index in [1.807, 2.05) is 52.0 Å². The first kappa shape index (κ1) is 17.4. The second-order valence-corrected chi connectivity index (χ2v) is 7.26. The van der Waals surface area contributed by atoms with Crippen molar-refractivity contribution in [3.63, 3.8) is 0 Å². The van der Waals surface area contributed by atoms with Crippen molar-refractivity contribution in [3.05, 3.63) is 24.3 Å². The Hall–Kier alpha value is -1.41. The fourth-order valence-electron chi connectivity index (χ4n) is 2.66. The predicted molar refractivity (Wildman–Crippen MR) is 93.4 cm³/mol. The molecular formula is C17H25BN2O4. The maximum Gasteiger partial charge on any atom is 0.494 e. The number of rotatable bonds is 3. The smallest absolute Gasteiger partial charge is 0.399 e. The Balaban J connectivity index is 1.63. The van der Waals surface area contributed by atoms with E-state index >= 15 is 0 Å². The van der Waals surface area contributed by atoms with Crippen molar-refractivity contribution in [2.45, 2.75) is 45.0 Å². The highest BCUT2D eigenvalue weighted by Gasteiger charge is 2.51. The Morgan fingerprint density at radius 2 is 1.79 bits per heavy atom. The van der Waals surface area contributed by atoms with Crippen molar-refractivity contribution >= 4 is 24.2 Å². The van der Waals surface area contributed by atoms with E-state index in [9.17, 15) is 4.79 Å². The number of amides is 1. The number of carbonyl (C=O) groups is 1. The van der Waals surface area contributed by atoms with Gasteiger partial charge in [-0.15, -0.1) is 0 Å². The van der Waals surface area contributed by atoms with E-state index in [-0.39, 0.29) is 17.1 Å². The SMILES string of the molecule is CC1(C)OB(c2ccc(NC(=O)C3CNCCO3)cc2)OC1(C)C. The van der Waals surface area contributed by atoms with Gasteiger partial charge in [0.05, 0.1) is 17.8 Å². The van der Waals surface area contributed by atoms with E-state index in [0.717, 1.165) is 17.7 Å². The van der Waals surface area contributed by atoms with Crippen LogP contribution in [0, 0.1) is 0 Å². The van der Waals surface area contributed by atoms with E-state index in [4.69, 9.17) is 14.0 Å². The van der Waals surface area contributed by atoms with Crippen LogP contribution >= 0.6 is 0 Å². The molecule has 6 nitrogen and oxygen atoms in total. The van der Waals surface area contributed by atoms with Gasteiger partial charge in [-0.3, -0.25) is 4.79 Å². The Morgan fingerprint density at radius 3 is 2.33 bits per heavy atom. The average molecular weight is 332 g/mol. The van der Waals surface area contributed by atoms with Gasteiger partial charge in [0.15, 0.2) is 0 Å². The van der Waals surface area contributed by atoms with Crippen LogP contribution in [0.3, 0.4) is 0 Å². The molecule has 2 aliphatic rings. The molecule has 1 aromatic carbocycles. The molecule has 0 aliphatic carbocycles. The van der Waals surface area contributed by atoms with E-state index in [2.05, 4.69) is 10.6 Å². The topological polar surface area (TPSA) is 68.8 Å². The number of carbonyl (C=O) groups excluding carboxylic acids is 1. The standard InChI is InChI=1S/C17H25BN2O4/c1-16(2)17(3,4)24-18(23-16)12-5-7-13(8-6-12)20-15(21)14-11-19-9-10-22-14/h5-8,14,19H,9-11H2,1-4H3,(H,20,21). The van der Waals surface area contributed by atoms with Crippen molar-refractivity contribution in [3.8, 4) is 0 Å². The Kier molecular flexibility index (Phi) is 4.70. The maximum absolute atomic E-state index is 12.2. The second-order valence-electron chi connectivity index (χ2n) is 7.26. The van der Waals surface area contributed by atoms with E-state index in [1.165, 1.54) is 0 Å². The summed E-state index contributed by atoms with van der Waals surface area (Å²) in [6.45, 7) is 9.99. The zero-order chi connectivity index (χ0) is 17.4. The van der Waals surface area contributed by atoms with Gasteiger partial charge < -0.3 is 24.7 Å². The zero-order valence-electron chi connectivity index (χ0n) is 14.7. The summed E-state index contributed by atoms with van der Waals surface area (Å²) < 4.78 is 17.5. The molecule has 0 aromatic heterocycles. The summed E-state index contributed by atoms with van der Waals surface area (Å²) in [4.78, 5) is 12.2. The van der Waals surface area contributed by atoms with Crippen LogP contribution in [-0.4, -0.2) is 50.0 Å². The minimum Gasteiger partial charge on any atom is -0.399 e. The highest BCUT2D eigenvalue weighted by molar-refractivity contribution is 6.62. The van der Waals surface area contributed by atoms with E-state index in [1.54, 1.807) is 0 Å². The molecule has 130 valence electrons. The van der Waals surface area contributed by atoms with Crippen LogP contribution in [0.2, 0.25) is 0 Å². The zero-order valence-corrected chi connectivity index (χ0v) is 14.7. The molecule has 2 heterocycles. The molecule has 1 amide bonds. The number of ether oxygens (including phenoxy) is 1. The summed E-state index contributed by atoms with van der Waals surface area (Å²) >= 11 is 0. The lowest BCUT2D eigenvalue weighted by molar-refractivity contribution is -0.128. The molecule has 0 saturated carbocycles. The molecule has 2 aliphatic heterocycles. The Morgan fingerprint density at radius 1 is 1.17 bits per heavy atom. The molecule has 0 bridgehead atoms. The first-order valence-corrected chi connectivity index (χ1v) is 8.37. The van der Waals surface area contributed by atoms with E-state index in [0.29, 0.717) is 13.2 Å². The number of nitrogens with one attached hydrogen (secondary N) is 2. The lowest BCUT2D eigenvalue weighted by Gasteiger charge is -2.32. The van der Waals surface area contributed by atoms with Gasteiger partial charge in [-0.25, -0.2) is 0 Å². The summed E-state index contributed by atoms with van der Waals surface area (Å²) in [7, 11) is -0.398. The molecule has 2 N–H and O–H groups in total. The molecule has 2 saturated heterocycles. The van der Waals surface area contributed by atoms with Crippen LogP contribution in [-0.2, 0) is 18.8 Å². The maximum atomic E-state index is 12.2. The number of benzene rings is 1. The summed E-state index contributed by atoms with van der Waals surface area (Å²) in [5.74, 6) is -0.134. The van der Waals surface area contributed by atoms with Gasteiger partial charge in [-0.05, 0) is 45.3 Å². The molecule has 2 fully saturated rings. The van der Waals surface area contributed by atoms with Crippen molar-refractivity contribution < 1.29 is 18.8 Å². The molecule has 7 heteroatoms. The number of hydrogen-bond donors (Lipinski definition) is 2. The van der Waals surface area contributed by atoms with Gasteiger partial charge in [-0.1, -0.05) is 12.1 Å². The van der Waals surface area contributed by atoms with Gasteiger partial charge in [0.25, 0.3) is 5.91 Å². The van der Waals surface area contributed by atoms with Gasteiger partial charge in [0, 0.05) is 18.8 Å². The van der Waals surface area contributed by atoms with Gasteiger partial charge >= 0.3 is 7.12 Å². The fourth-order valence-corrected chi connectivity index (χ4v) is 2.66. The molecule has 0 radical (unpaired) electrons. The highest BCUT2D eigenvalue weighted by atomic mass is 16.7. The van der Waals surface area contributed by atoms with Crippen LogP contribution in [0.25, 0.3) is 0 Å². The van der Waals surface area contributed by atoms with Crippen molar-refractivity contribution in [1.29, 1.82) is 0 Å². The van der Waals surface area contributed by atoms with Crippen molar-refractivity contribution in [2.24, 2.45) is 0 Å². The first-order valence-electron chi connectivity index (χ1n) is 8.37. The van der Waals surface area contributed by atoms with E-state index < -0.39 is 13.2 Å². The minimum absolute atomic E-state index is 0.134. The Bertz CT molecular complexity index is 581. The molecule has 1 unspecified atom stereocenters. The second kappa shape index (κ2) is 6.48. The van der Waals surface area contributed by atoms with Crippen LogP contribution < -0.4 is 16.1 Å². The van der Waals surface area contributed by atoms with Crippen LogP contribution in [0.4, 0.5) is 5.69 Å². The molecule has 1 atom stereocenters. The largest absolute Gasteiger partial charge is 0.494 e. The normalized spacial score (nSPS) is 25.5. The third-order valence-electron chi connectivity index (χ3n) is 4.92. The van der Waals surface area contributed by atoms with Crippen molar-refractivity contribution in [2.75, 3.05) is 25.0 Å². The summed E-state index contributed by atoms with van der Waals surface area (Å²) in [5.41, 5.74) is 0.933. The van der Waals surface area contributed by atoms with Gasteiger partial charge in [0.2, 0.25) is 0 Å². The minimum atomic E-state index is -0.443. The first-order chi connectivity index (χ1) is 11.3. The Labute approximate surface area is 143 Å². The van der Waals surface area contributed by atoms with Gasteiger partial charge in [0.1, 0.15) is 6.10 Å². The fraction of sp³-hybridized carbons (Fsp3) is 0.588. The lowest BCUT2D eigenvalue weighted by atomic mass is 9.79. The monoisotopic (exact) mass is 332 g/mol. The van der Waals surface area contributed by atoms with Gasteiger partial charge in [-0.2, -0.15) is 0 Å². The number of hydrogen-bond acceptors (Lipinski definition) is 5. The third kappa shape index (κ3) is 3.49. The summed E-state index contributed by atoms with van der Waals surface area (Å²) in [6.07, 6.45) is -0.443. The molecule has 24 heavy (non-hydrogen) atoms. The molecule has 1 aromatic rings. The summed E-state index contributed by atoms with van der Waals surface area (Å²) in [5, 5.41) is 6.02. The van der Waals surface area contributed by atoms with Crippen molar-refractivity contribution in [1.82, 2.24) is 5.32 Å². The lowest BCUT2D eigenvalue weighted by Crippen LogP contribution is -2.45. The van der Waals surface area contributed by atoms with Crippen LogP contribution in [0.5, 0.6) is 0 Å². The predicted octanol–water partition coefficient (Wildman–Crippen LogP) is 0.913. The molecule has 3 rings (SSSR count). The summed E-state index contributed by atoms with van der Waals surface area (Å²) in [6, 6.07) is 7.54. The quantitative estimate of drug-likeness (QED) is 0.806. The average Bonchev–Trinajstić information content (AvgIpc) is 2.77. The highest BCUT2D eigenvalue weighted by Crippen LogP contribution is 2.36. The molecular weight excluding hydrogens is 307 g/mol.